The molecule has 0 bridgehead atoms. The van der Waals surface area contributed by atoms with Crippen LogP contribution in [0.3, 0.4) is 0 Å². The van der Waals surface area contributed by atoms with Crippen LogP contribution in [0.1, 0.15) is 11.4 Å². The molecular weight excluding hydrogens is 448 g/mol. The van der Waals surface area contributed by atoms with Crippen molar-refractivity contribution in [2.45, 2.75) is 4.90 Å². The summed E-state index contributed by atoms with van der Waals surface area (Å²) < 4.78 is 33.8. The average molecular weight is 467 g/mol. The van der Waals surface area contributed by atoms with Crippen molar-refractivity contribution in [1.82, 2.24) is 9.97 Å². The van der Waals surface area contributed by atoms with Gasteiger partial charge in [-0.25, -0.2) is 0 Å². The van der Waals surface area contributed by atoms with Gasteiger partial charge in [-0.2, -0.15) is 8.42 Å². The van der Waals surface area contributed by atoms with Crippen LogP contribution in [0.4, 0.5) is 11.4 Å². The standard InChI is InChI=1S/C26H18N4O3S/c31-34(32,33)26-13-22(29-16-23-11-18-5-1-3-7-20(18)14-27-23)9-10-25(26)30-17-24-12-19-6-2-4-8-21(19)15-28-24/h1-17H,(H,31,32,33). The Kier molecular flexibility index (Phi) is 5.67. The van der Waals surface area contributed by atoms with Crippen LogP contribution in [0, 0.1) is 0 Å². The van der Waals surface area contributed by atoms with Crippen LogP contribution in [0.5, 0.6) is 0 Å². The third kappa shape index (κ3) is 4.73. The number of pyridine rings is 2. The van der Waals surface area contributed by atoms with E-state index in [1.54, 1.807) is 18.5 Å². The Morgan fingerprint density at radius 2 is 1.21 bits per heavy atom. The van der Waals surface area contributed by atoms with Gasteiger partial charge in [0.1, 0.15) is 4.90 Å². The maximum absolute atomic E-state index is 12.0. The highest BCUT2D eigenvalue weighted by Crippen LogP contribution is 2.29. The minimum atomic E-state index is -4.53. The van der Waals surface area contributed by atoms with E-state index in [9.17, 15) is 13.0 Å². The van der Waals surface area contributed by atoms with Gasteiger partial charge in [0, 0.05) is 23.2 Å². The lowest BCUT2D eigenvalue weighted by Gasteiger charge is -2.04. The zero-order chi connectivity index (χ0) is 23.5. The molecule has 166 valence electrons. The molecule has 2 heterocycles. The minimum absolute atomic E-state index is 0.0836. The Bertz CT molecular complexity index is 1700. The highest BCUT2D eigenvalue weighted by molar-refractivity contribution is 7.86. The number of hydrogen-bond donors (Lipinski definition) is 1. The third-order valence-corrected chi connectivity index (χ3v) is 6.09. The fraction of sp³-hybridized carbons (Fsp3) is 0. The normalized spacial score (nSPS) is 12.3. The number of aromatic nitrogens is 2. The predicted octanol–water partition coefficient (Wildman–Crippen LogP) is 5.53. The van der Waals surface area contributed by atoms with Gasteiger partial charge < -0.3 is 0 Å². The number of rotatable bonds is 5. The first-order chi connectivity index (χ1) is 16.5. The molecule has 34 heavy (non-hydrogen) atoms. The molecule has 0 atom stereocenters. The molecule has 7 nitrogen and oxygen atoms in total. The highest BCUT2D eigenvalue weighted by Gasteiger charge is 2.16. The number of hydrogen-bond acceptors (Lipinski definition) is 6. The van der Waals surface area contributed by atoms with Gasteiger partial charge in [0.15, 0.2) is 0 Å². The van der Waals surface area contributed by atoms with Crippen LogP contribution >= 0.6 is 0 Å². The van der Waals surface area contributed by atoms with Crippen molar-refractivity contribution >= 4 is 55.5 Å². The summed E-state index contributed by atoms with van der Waals surface area (Å²) in [5.41, 5.74) is 1.60. The van der Waals surface area contributed by atoms with Gasteiger partial charge in [-0.15, -0.1) is 0 Å². The summed E-state index contributed by atoms with van der Waals surface area (Å²) in [7, 11) is -4.53. The molecule has 0 aliphatic carbocycles. The molecule has 0 aliphatic heterocycles. The van der Waals surface area contributed by atoms with Crippen LogP contribution in [0.15, 0.2) is 106 Å². The quantitative estimate of drug-likeness (QED) is 0.271. The van der Waals surface area contributed by atoms with E-state index in [1.165, 1.54) is 24.6 Å². The van der Waals surface area contributed by atoms with E-state index in [0.717, 1.165) is 21.5 Å². The van der Waals surface area contributed by atoms with Crippen LogP contribution in [-0.4, -0.2) is 35.4 Å². The fourth-order valence-corrected chi connectivity index (χ4v) is 4.17. The van der Waals surface area contributed by atoms with Crippen molar-refractivity contribution in [3.63, 3.8) is 0 Å². The minimum Gasteiger partial charge on any atom is -0.282 e. The molecule has 5 aromatic rings. The van der Waals surface area contributed by atoms with Gasteiger partial charge in [-0.3, -0.25) is 24.5 Å². The predicted molar refractivity (Wildman–Crippen MR) is 134 cm³/mol. The first-order valence-electron chi connectivity index (χ1n) is 10.3. The van der Waals surface area contributed by atoms with E-state index in [-0.39, 0.29) is 10.6 Å². The van der Waals surface area contributed by atoms with Crippen LogP contribution in [0.25, 0.3) is 21.5 Å². The Labute approximate surface area is 195 Å². The van der Waals surface area contributed by atoms with E-state index in [1.807, 2.05) is 60.7 Å². The van der Waals surface area contributed by atoms with E-state index in [4.69, 9.17) is 0 Å². The Hall–Kier alpha value is -4.27. The number of fused-ring (bicyclic) bond motifs is 2. The largest absolute Gasteiger partial charge is 0.296 e. The molecule has 2 aromatic heterocycles. The van der Waals surface area contributed by atoms with Crippen molar-refractivity contribution in [2.24, 2.45) is 9.98 Å². The maximum Gasteiger partial charge on any atom is 0.296 e. The molecule has 0 spiro atoms. The summed E-state index contributed by atoms with van der Waals surface area (Å²) in [5, 5.41) is 4.00. The summed E-state index contributed by atoms with van der Waals surface area (Å²) in [5.74, 6) is 0. The number of benzene rings is 3. The molecule has 0 unspecified atom stereocenters. The van der Waals surface area contributed by atoms with Crippen LogP contribution < -0.4 is 0 Å². The number of aliphatic imine (C=N–C) groups is 2. The van der Waals surface area contributed by atoms with E-state index >= 15 is 0 Å². The molecule has 5 rings (SSSR count). The number of nitrogens with zero attached hydrogens (tertiary/aromatic N) is 4. The smallest absolute Gasteiger partial charge is 0.282 e. The zero-order valence-electron chi connectivity index (χ0n) is 17.8. The Morgan fingerprint density at radius 1 is 0.676 bits per heavy atom. The van der Waals surface area contributed by atoms with Crippen molar-refractivity contribution in [1.29, 1.82) is 0 Å². The van der Waals surface area contributed by atoms with Gasteiger partial charge in [0.25, 0.3) is 10.1 Å². The lowest BCUT2D eigenvalue weighted by Crippen LogP contribution is -1.98. The highest BCUT2D eigenvalue weighted by atomic mass is 32.2. The molecule has 1 N–H and O–H groups in total. The fourth-order valence-electron chi connectivity index (χ4n) is 3.52. The monoisotopic (exact) mass is 466 g/mol. The lowest BCUT2D eigenvalue weighted by atomic mass is 10.1. The molecule has 0 saturated carbocycles. The van der Waals surface area contributed by atoms with E-state index < -0.39 is 10.1 Å². The first-order valence-corrected chi connectivity index (χ1v) is 11.8. The van der Waals surface area contributed by atoms with Crippen LogP contribution in [0.2, 0.25) is 0 Å². The van der Waals surface area contributed by atoms with Gasteiger partial charge in [-0.1, -0.05) is 48.5 Å². The molecule has 0 amide bonds. The lowest BCUT2D eigenvalue weighted by molar-refractivity contribution is 0.483. The SMILES string of the molecule is O=S(=O)(O)c1cc(N=Cc2cc3ccccc3cn2)ccc1N=Cc1cc2ccccc2cn1. The molecular formula is C26H18N4O3S. The Morgan fingerprint density at radius 3 is 1.76 bits per heavy atom. The van der Waals surface area contributed by atoms with Crippen molar-refractivity contribution in [3.05, 3.63) is 103 Å². The van der Waals surface area contributed by atoms with Gasteiger partial charge in [0.05, 0.1) is 35.2 Å². The Balaban J connectivity index is 1.45. The summed E-state index contributed by atoms with van der Waals surface area (Å²) in [4.78, 5) is 16.9. The zero-order valence-corrected chi connectivity index (χ0v) is 18.6. The summed E-state index contributed by atoms with van der Waals surface area (Å²) in [6.45, 7) is 0. The summed E-state index contributed by atoms with van der Waals surface area (Å²) in [6.07, 6.45) is 6.47. The second-order valence-corrected chi connectivity index (χ2v) is 8.95. The van der Waals surface area contributed by atoms with Crippen molar-refractivity contribution in [3.8, 4) is 0 Å². The third-order valence-electron chi connectivity index (χ3n) is 5.21. The second-order valence-electron chi connectivity index (χ2n) is 7.56. The molecule has 0 saturated heterocycles. The second kappa shape index (κ2) is 8.93. The summed E-state index contributed by atoms with van der Waals surface area (Å²) >= 11 is 0. The van der Waals surface area contributed by atoms with Gasteiger partial charge >= 0.3 is 0 Å². The van der Waals surface area contributed by atoms with Gasteiger partial charge in [0.2, 0.25) is 0 Å². The molecule has 0 aliphatic rings. The maximum atomic E-state index is 12.0. The molecule has 3 aromatic carbocycles. The van der Waals surface area contributed by atoms with Gasteiger partial charge in [-0.05, 0) is 41.1 Å². The average Bonchev–Trinajstić information content (AvgIpc) is 2.85. The van der Waals surface area contributed by atoms with E-state index in [0.29, 0.717) is 17.1 Å². The topological polar surface area (TPSA) is 105 Å². The van der Waals surface area contributed by atoms with E-state index in [2.05, 4.69) is 20.0 Å². The molecule has 0 fully saturated rings. The molecule has 8 heteroatoms. The first kappa shape index (κ1) is 21.6. The van der Waals surface area contributed by atoms with Crippen molar-refractivity contribution < 1.29 is 13.0 Å². The molecule has 0 radical (unpaired) electrons. The van der Waals surface area contributed by atoms with Crippen LogP contribution in [-0.2, 0) is 10.1 Å². The van der Waals surface area contributed by atoms with Crippen molar-refractivity contribution in [2.75, 3.05) is 0 Å². The summed E-state index contributed by atoms with van der Waals surface area (Å²) in [6, 6.07) is 23.7.